The summed E-state index contributed by atoms with van der Waals surface area (Å²) in [5.41, 5.74) is 0. The lowest BCUT2D eigenvalue weighted by atomic mass is 9.92. The molecular weight excluding hydrogens is 566 g/mol. The smallest absolute Gasteiger partial charge is 0.209 e. The Balaban J connectivity index is 7.62. The van der Waals surface area contributed by atoms with Crippen molar-refractivity contribution in [3.63, 3.8) is 0 Å². The summed E-state index contributed by atoms with van der Waals surface area (Å²) in [5, 5.41) is -17.5. The van der Waals surface area contributed by atoms with Gasteiger partial charge in [0.05, 0.1) is 0 Å². The van der Waals surface area contributed by atoms with Gasteiger partial charge in [0.1, 0.15) is 0 Å². The third-order valence-corrected chi connectivity index (χ3v) is 5.41. The van der Waals surface area contributed by atoms with Gasteiger partial charge in [-0.2, -0.15) is 82.7 Å². The SMILES string of the molecule is O=S(=O)(F)C(F)(F)C(F)(F)C(F)(C(F)(F)C(F)(F)C(F)(F)C(F)(F)C(F)(F)F)S(=O)(=O)F. The number of halogens is 18. The van der Waals surface area contributed by atoms with Crippen LogP contribution in [0.3, 0.4) is 0 Å². The molecule has 0 fully saturated rings. The minimum atomic E-state index is -9.36. The highest BCUT2D eigenvalue weighted by Gasteiger charge is 2.98. The fraction of sp³-hybridized carbons (Fsp3) is 1.00. The summed E-state index contributed by atoms with van der Waals surface area (Å²) in [6.45, 7) is 0. The van der Waals surface area contributed by atoms with Crippen LogP contribution in [-0.2, 0) is 20.4 Å². The van der Waals surface area contributed by atoms with Crippen LogP contribution in [0.5, 0.6) is 0 Å². The molecule has 0 aromatic rings. The summed E-state index contributed by atoms with van der Waals surface area (Å²) >= 11 is 0. The van der Waals surface area contributed by atoms with Gasteiger partial charge >= 0.3 is 66.5 Å². The van der Waals surface area contributed by atoms with Crippen molar-refractivity contribution in [2.24, 2.45) is 0 Å². The van der Waals surface area contributed by atoms with Crippen LogP contribution in [0.2, 0.25) is 0 Å². The Labute approximate surface area is 162 Å². The van der Waals surface area contributed by atoms with Crippen molar-refractivity contribution in [3.8, 4) is 0 Å². The molecule has 194 valence electrons. The van der Waals surface area contributed by atoms with Crippen molar-refractivity contribution in [2.75, 3.05) is 0 Å². The first kappa shape index (κ1) is 30.6. The monoisotopic (exact) mass is 566 g/mol. The summed E-state index contributed by atoms with van der Waals surface area (Å²) in [4.78, 5) is 0. The summed E-state index contributed by atoms with van der Waals surface area (Å²) < 4.78 is 272. The van der Waals surface area contributed by atoms with Crippen LogP contribution < -0.4 is 0 Å². The van der Waals surface area contributed by atoms with Gasteiger partial charge in [0.15, 0.2) is 0 Å². The van der Waals surface area contributed by atoms with E-state index in [1.165, 1.54) is 0 Å². The number of rotatable bonds is 8. The fourth-order valence-corrected chi connectivity index (χ4v) is 3.00. The minimum Gasteiger partial charge on any atom is -0.209 e. The van der Waals surface area contributed by atoms with E-state index in [2.05, 4.69) is 0 Å². The van der Waals surface area contributed by atoms with Gasteiger partial charge in [0, 0.05) is 0 Å². The molecule has 1 unspecified atom stereocenters. The van der Waals surface area contributed by atoms with Crippen molar-refractivity contribution in [2.45, 2.75) is 46.0 Å². The minimum absolute atomic E-state index is 8.04. The van der Waals surface area contributed by atoms with Gasteiger partial charge in [-0.05, 0) is 0 Å². The first-order valence-corrected chi connectivity index (χ1v) is 8.92. The van der Waals surface area contributed by atoms with Gasteiger partial charge in [-0.15, -0.1) is 3.89 Å². The molecule has 24 heteroatoms. The van der Waals surface area contributed by atoms with E-state index >= 15 is 0 Å². The van der Waals surface area contributed by atoms with Crippen molar-refractivity contribution in [1.82, 2.24) is 0 Å². The van der Waals surface area contributed by atoms with Crippen molar-refractivity contribution in [3.05, 3.63) is 0 Å². The highest BCUT2D eigenvalue weighted by Crippen LogP contribution is 2.65. The van der Waals surface area contributed by atoms with Gasteiger partial charge in [0.25, 0.3) is 0 Å². The molecule has 0 saturated heterocycles. The van der Waals surface area contributed by atoms with Crippen LogP contribution in [0.4, 0.5) is 78.0 Å². The van der Waals surface area contributed by atoms with Crippen LogP contribution in [0.1, 0.15) is 0 Å². The highest BCUT2D eigenvalue weighted by atomic mass is 32.3. The van der Waals surface area contributed by atoms with Crippen LogP contribution in [0, 0.1) is 0 Å². The third kappa shape index (κ3) is 3.45. The molecule has 0 rings (SSSR count). The molecule has 32 heavy (non-hydrogen) atoms. The van der Waals surface area contributed by atoms with Crippen molar-refractivity contribution < 1.29 is 94.9 Å². The highest BCUT2D eigenvalue weighted by molar-refractivity contribution is 7.88. The quantitative estimate of drug-likeness (QED) is 0.319. The zero-order valence-electron chi connectivity index (χ0n) is 13.3. The molecule has 0 amide bonds. The predicted octanol–water partition coefficient (Wildman–Crippen LogP) is 4.58. The van der Waals surface area contributed by atoms with E-state index < -0.39 is 66.5 Å². The topological polar surface area (TPSA) is 68.3 Å². The standard InChI is InChI=1S/C8F18O4S2/c9-1(10,2(11,12)4(15,16)7(20,21)22)3(13,14)6(19,31(25,27)28)5(17,18)8(23,24)32(26,29)30. The summed E-state index contributed by atoms with van der Waals surface area (Å²) in [6.07, 6.45) is -8.04. The van der Waals surface area contributed by atoms with Crippen LogP contribution in [0.25, 0.3) is 0 Å². The molecule has 0 N–H and O–H groups in total. The van der Waals surface area contributed by atoms with Crippen molar-refractivity contribution >= 4 is 20.4 Å². The predicted molar refractivity (Wildman–Crippen MR) is 59.6 cm³/mol. The van der Waals surface area contributed by atoms with Gasteiger partial charge in [0.2, 0.25) is 0 Å². The molecule has 0 aliphatic rings. The Morgan fingerprint density at radius 2 is 0.656 bits per heavy atom. The largest absolute Gasteiger partial charge is 0.460 e. The van der Waals surface area contributed by atoms with E-state index in [0.29, 0.717) is 0 Å². The first-order chi connectivity index (χ1) is 13.2. The maximum atomic E-state index is 13.9. The zero-order chi connectivity index (χ0) is 27.0. The Kier molecular flexibility index (Phi) is 6.77. The van der Waals surface area contributed by atoms with E-state index in [1.807, 2.05) is 0 Å². The normalized spacial score (nSPS) is 18.4. The molecule has 0 spiro atoms. The molecule has 0 aromatic carbocycles. The van der Waals surface area contributed by atoms with E-state index in [-0.39, 0.29) is 0 Å². The molecule has 0 aliphatic carbocycles. The van der Waals surface area contributed by atoms with E-state index in [9.17, 15) is 94.9 Å². The average Bonchev–Trinajstić information content (AvgIpc) is 2.49. The Morgan fingerprint density at radius 1 is 0.375 bits per heavy atom. The molecule has 0 saturated carbocycles. The first-order valence-electron chi connectivity index (χ1n) is 6.16. The Morgan fingerprint density at radius 3 is 0.875 bits per heavy atom. The lowest BCUT2D eigenvalue weighted by molar-refractivity contribution is -0.436. The average molecular weight is 566 g/mol. The summed E-state index contributed by atoms with van der Waals surface area (Å²) in [5.74, 6) is -44.9. The number of alkyl halides is 16. The molecule has 0 bridgehead atoms. The fourth-order valence-electron chi connectivity index (χ4n) is 1.62. The Hall–Kier alpha value is -1.36. The lowest BCUT2D eigenvalue weighted by Crippen LogP contribution is -2.77. The van der Waals surface area contributed by atoms with Gasteiger partial charge in [-0.1, -0.05) is 3.89 Å². The second-order valence-electron chi connectivity index (χ2n) is 5.36. The van der Waals surface area contributed by atoms with E-state index in [4.69, 9.17) is 0 Å². The number of hydrogen-bond donors (Lipinski definition) is 0. The maximum absolute atomic E-state index is 13.9. The van der Waals surface area contributed by atoms with E-state index in [0.717, 1.165) is 0 Å². The van der Waals surface area contributed by atoms with Crippen LogP contribution >= 0.6 is 0 Å². The molecule has 0 heterocycles. The molecule has 4 nitrogen and oxygen atoms in total. The summed E-state index contributed by atoms with van der Waals surface area (Å²) in [7, 11) is -18.0. The van der Waals surface area contributed by atoms with Crippen LogP contribution in [0.15, 0.2) is 0 Å². The summed E-state index contributed by atoms with van der Waals surface area (Å²) in [6, 6.07) is 0. The maximum Gasteiger partial charge on any atom is 0.460 e. The zero-order valence-corrected chi connectivity index (χ0v) is 14.9. The third-order valence-electron chi connectivity index (χ3n) is 3.35. The molecule has 0 radical (unpaired) electrons. The second kappa shape index (κ2) is 7.07. The van der Waals surface area contributed by atoms with Gasteiger partial charge in [-0.3, -0.25) is 0 Å². The van der Waals surface area contributed by atoms with Gasteiger partial charge in [-0.25, -0.2) is 4.39 Å². The van der Waals surface area contributed by atoms with E-state index in [1.54, 1.807) is 0 Å². The molecule has 1 atom stereocenters. The second-order valence-corrected chi connectivity index (χ2v) is 8.18. The Bertz CT molecular complexity index is 946. The van der Waals surface area contributed by atoms with Crippen molar-refractivity contribution in [1.29, 1.82) is 0 Å². The van der Waals surface area contributed by atoms with Gasteiger partial charge < -0.3 is 0 Å². The molecule has 0 aliphatic heterocycles. The number of hydrogen-bond acceptors (Lipinski definition) is 4. The molecule has 0 aromatic heterocycles. The molecular formula is C8F18O4S2. The van der Waals surface area contributed by atoms with Crippen LogP contribution in [-0.4, -0.2) is 62.9 Å². The lowest BCUT2D eigenvalue weighted by Gasteiger charge is -2.43.